The number of rotatable bonds is 0. The Kier molecular flexibility index (Phi) is 2.42. The summed E-state index contributed by atoms with van der Waals surface area (Å²) >= 11 is 0. The Bertz CT molecular complexity index is 292. The predicted octanol–water partition coefficient (Wildman–Crippen LogP) is 3.35. The highest BCUT2D eigenvalue weighted by molar-refractivity contribution is 5.82. The number of hydrogen-bond donors (Lipinski definition) is 0. The second-order valence-electron chi connectivity index (χ2n) is 5.55. The molecule has 0 amide bonds. The molecule has 0 unspecified atom stereocenters. The van der Waals surface area contributed by atoms with Crippen LogP contribution < -0.4 is 0 Å². The van der Waals surface area contributed by atoms with Gasteiger partial charge in [0.1, 0.15) is 5.78 Å². The van der Waals surface area contributed by atoms with Gasteiger partial charge in [0.25, 0.3) is 0 Å². The Morgan fingerprint density at radius 2 is 1.73 bits per heavy atom. The van der Waals surface area contributed by atoms with Gasteiger partial charge in [0, 0.05) is 12.3 Å². The normalized spacial score (nSPS) is 44.7. The van der Waals surface area contributed by atoms with Gasteiger partial charge in [0.15, 0.2) is 0 Å². The van der Waals surface area contributed by atoms with E-state index in [0.29, 0.717) is 23.5 Å². The third kappa shape index (κ3) is 1.56. The quantitative estimate of drug-likeness (QED) is 0.553. The highest BCUT2D eigenvalue weighted by Crippen LogP contribution is 2.48. The fraction of sp³-hybridized carbons (Fsp3) is 0.786. The third-order valence-electron chi connectivity index (χ3n) is 4.74. The van der Waals surface area contributed by atoms with E-state index in [1.165, 1.54) is 32.1 Å². The molecule has 0 heterocycles. The van der Waals surface area contributed by atoms with Crippen LogP contribution >= 0.6 is 0 Å². The summed E-state index contributed by atoms with van der Waals surface area (Å²) in [5.74, 6) is 3.04. The SMILES string of the molecule is O=C1CCCCC[C@H]2[C@@H]1[C@H]1C=C[C@@H]2CC1. The van der Waals surface area contributed by atoms with E-state index in [0.717, 1.165) is 18.8 Å². The van der Waals surface area contributed by atoms with Crippen LogP contribution in [-0.4, -0.2) is 5.78 Å². The van der Waals surface area contributed by atoms with Crippen LogP contribution in [0.15, 0.2) is 12.2 Å². The minimum atomic E-state index is 0.411. The number of Topliss-reactive ketones (excluding diaryl/α,β-unsaturated/α-hetero) is 1. The van der Waals surface area contributed by atoms with Crippen LogP contribution in [0.2, 0.25) is 0 Å². The molecule has 1 heteroatoms. The van der Waals surface area contributed by atoms with E-state index in [1.54, 1.807) is 0 Å². The van der Waals surface area contributed by atoms with Gasteiger partial charge >= 0.3 is 0 Å². The van der Waals surface area contributed by atoms with Crippen LogP contribution in [-0.2, 0) is 4.79 Å². The zero-order valence-electron chi connectivity index (χ0n) is 9.32. The van der Waals surface area contributed by atoms with Gasteiger partial charge in [-0.25, -0.2) is 0 Å². The molecular formula is C14H20O. The number of fused-ring (bicyclic) bond motifs is 1. The summed E-state index contributed by atoms with van der Waals surface area (Å²) in [5, 5.41) is 0. The fourth-order valence-electron chi connectivity index (χ4n) is 4.00. The van der Waals surface area contributed by atoms with Crippen molar-refractivity contribution in [3.8, 4) is 0 Å². The second kappa shape index (κ2) is 3.77. The van der Waals surface area contributed by atoms with E-state index in [4.69, 9.17) is 0 Å². The lowest BCUT2D eigenvalue weighted by molar-refractivity contribution is -0.129. The van der Waals surface area contributed by atoms with E-state index < -0.39 is 0 Å². The molecule has 0 aromatic heterocycles. The molecule has 4 atom stereocenters. The van der Waals surface area contributed by atoms with Crippen LogP contribution in [0, 0.1) is 23.7 Å². The molecule has 4 aliphatic carbocycles. The van der Waals surface area contributed by atoms with Crippen molar-refractivity contribution in [1.82, 2.24) is 0 Å². The van der Waals surface area contributed by atoms with Gasteiger partial charge in [-0.15, -0.1) is 0 Å². The standard InChI is InChI=1S/C14H20O/c15-13-5-3-1-2-4-12-10-6-8-11(9-7-10)14(12)13/h6,8,10-12,14H,1-5,7,9H2/t10-,11+,12-,14+/m1/s1. The molecule has 0 aliphatic heterocycles. The van der Waals surface area contributed by atoms with Gasteiger partial charge in [-0.1, -0.05) is 25.0 Å². The van der Waals surface area contributed by atoms with Crippen LogP contribution in [0.5, 0.6) is 0 Å². The highest BCUT2D eigenvalue weighted by atomic mass is 16.1. The van der Waals surface area contributed by atoms with Crippen molar-refractivity contribution in [3.63, 3.8) is 0 Å². The molecule has 82 valence electrons. The fourth-order valence-corrected chi connectivity index (χ4v) is 4.00. The minimum Gasteiger partial charge on any atom is -0.299 e. The average Bonchev–Trinajstić information content (AvgIpc) is 2.26. The van der Waals surface area contributed by atoms with Crippen LogP contribution in [0.3, 0.4) is 0 Å². The summed E-state index contributed by atoms with van der Waals surface area (Å²) in [6, 6.07) is 0. The van der Waals surface area contributed by atoms with Crippen molar-refractivity contribution >= 4 is 5.78 Å². The molecule has 4 rings (SSSR count). The summed E-state index contributed by atoms with van der Waals surface area (Å²) in [4.78, 5) is 12.2. The maximum atomic E-state index is 12.2. The summed E-state index contributed by atoms with van der Waals surface area (Å²) in [6.07, 6.45) is 13.3. The third-order valence-corrected chi connectivity index (χ3v) is 4.74. The van der Waals surface area contributed by atoms with Gasteiger partial charge in [0.05, 0.1) is 0 Å². The van der Waals surface area contributed by atoms with Crippen molar-refractivity contribution in [1.29, 1.82) is 0 Å². The monoisotopic (exact) mass is 204 g/mol. The molecule has 0 aromatic rings. The Morgan fingerprint density at radius 1 is 0.933 bits per heavy atom. The highest BCUT2D eigenvalue weighted by Gasteiger charge is 2.43. The lowest BCUT2D eigenvalue weighted by Crippen LogP contribution is -2.41. The number of allylic oxidation sites excluding steroid dienone is 2. The Hall–Kier alpha value is -0.590. The first-order valence-electron chi connectivity index (χ1n) is 6.57. The molecule has 0 spiro atoms. The van der Waals surface area contributed by atoms with E-state index in [-0.39, 0.29) is 0 Å². The molecule has 0 N–H and O–H groups in total. The van der Waals surface area contributed by atoms with Gasteiger partial charge in [-0.05, 0) is 43.4 Å². The Labute approximate surface area is 91.9 Å². The number of carbonyl (C=O) groups excluding carboxylic acids is 1. The van der Waals surface area contributed by atoms with E-state index in [9.17, 15) is 4.79 Å². The van der Waals surface area contributed by atoms with Gasteiger partial charge in [-0.3, -0.25) is 4.79 Å². The van der Waals surface area contributed by atoms with Crippen LogP contribution in [0.4, 0.5) is 0 Å². The van der Waals surface area contributed by atoms with Crippen molar-refractivity contribution in [2.24, 2.45) is 23.7 Å². The summed E-state index contributed by atoms with van der Waals surface area (Å²) in [6.45, 7) is 0. The lowest BCUT2D eigenvalue weighted by atomic mass is 9.59. The molecule has 0 saturated heterocycles. The van der Waals surface area contributed by atoms with Crippen LogP contribution in [0.25, 0.3) is 0 Å². The summed E-state index contributed by atoms with van der Waals surface area (Å²) in [5.41, 5.74) is 0. The number of ketones is 1. The van der Waals surface area contributed by atoms with Gasteiger partial charge in [-0.2, -0.15) is 0 Å². The van der Waals surface area contributed by atoms with E-state index in [2.05, 4.69) is 12.2 Å². The average molecular weight is 204 g/mol. The maximum Gasteiger partial charge on any atom is 0.136 e. The summed E-state index contributed by atoms with van der Waals surface area (Å²) < 4.78 is 0. The van der Waals surface area contributed by atoms with Gasteiger partial charge < -0.3 is 0 Å². The predicted molar refractivity (Wildman–Crippen MR) is 60.4 cm³/mol. The zero-order valence-corrected chi connectivity index (χ0v) is 9.32. The van der Waals surface area contributed by atoms with Crippen molar-refractivity contribution in [2.75, 3.05) is 0 Å². The topological polar surface area (TPSA) is 17.1 Å². The first kappa shape index (κ1) is 9.62. The number of hydrogen-bond acceptors (Lipinski definition) is 1. The largest absolute Gasteiger partial charge is 0.299 e. The smallest absolute Gasteiger partial charge is 0.136 e. The van der Waals surface area contributed by atoms with Crippen LogP contribution in [0.1, 0.15) is 44.9 Å². The molecule has 0 aromatic carbocycles. The van der Waals surface area contributed by atoms with E-state index >= 15 is 0 Å². The Balaban J connectivity index is 1.89. The molecule has 2 fully saturated rings. The molecule has 2 bridgehead atoms. The first-order valence-corrected chi connectivity index (χ1v) is 6.57. The zero-order chi connectivity index (χ0) is 10.3. The Morgan fingerprint density at radius 3 is 2.53 bits per heavy atom. The van der Waals surface area contributed by atoms with Crippen molar-refractivity contribution in [3.05, 3.63) is 12.2 Å². The molecular weight excluding hydrogens is 184 g/mol. The molecule has 15 heavy (non-hydrogen) atoms. The van der Waals surface area contributed by atoms with E-state index in [1.807, 2.05) is 0 Å². The first-order chi connectivity index (χ1) is 7.36. The molecule has 4 aliphatic rings. The van der Waals surface area contributed by atoms with Crippen molar-refractivity contribution in [2.45, 2.75) is 44.9 Å². The molecule has 0 radical (unpaired) electrons. The minimum absolute atomic E-state index is 0.411. The maximum absolute atomic E-state index is 12.2. The number of carbonyl (C=O) groups is 1. The molecule has 1 nitrogen and oxygen atoms in total. The lowest BCUT2D eigenvalue weighted by Gasteiger charge is -2.45. The summed E-state index contributed by atoms with van der Waals surface area (Å²) in [7, 11) is 0. The molecule has 2 saturated carbocycles. The van der Waals surface area contributed by atoms with Gasteiger partial charge in [0.2, 0.25) is 0 Å². The van der Waals surface area contributed by atoms with Crippen molar-refractivity contribution < 1.29 is 4.79 Å². The second-order valence-corrected chi connectivity index (χ2v) is 5.55.